The maximum absolute atomic E-state index is 9.19. The Kier molecular flexibility index (Phi) is 4.65. The molecule has 0 saturated heterocycles. The highest BCUT2D eigenvalue weighted by molar-refractivity contribution is 5.82. The van der Waals surface area contributed by atoms with E-state index in [2.05, 4.69) is 0 Å². The third-order valence-corrected chi connectivity index (χ3v) is 3.25. The van der Waals surface area contributed by atoms with Crippen LogP contribution in [0, 0.1) is 6.92 Å². The van der Waals surface area contributed by atoms with Gasteiger partial charge in [0.25, 0.3) is 0 Å². The third kappa shape index (κ3) is 2.95. The topological polar surface area (TPSA) is 82.9 Å². The fourth-order valence-corrected chi connectivity index (χ4v) is 2.28. The first-order valence-corrected chi connectivity index (χ1v) is 6.56. The largest absolute Gasteiger partial charge is 0.472 e. The van der Waals surface area contributed by atoms with Crippen LogP contribution in [-0.2, 0) is 0 Å². The van der Waals surface area contributed by atoms with E-state index in [0.29, 0.717) is 18.8 Å². The number of rotatable bonds is 6. The molecule has 5 heteroatoms. The lowest BCUT2D eigenvalue weighted by Gasteiger charge is -2.26. The number of anilines is 2. The van der Waals surface area contributed by atoms with Crippen LogP contribution in [0.25, 0.3) is 11.1 Å². The normalized spacial score (nSPS) is 10.8. The summed E-state index contributed by atoms with van der Waals surface area (Å²) in [4.78, 5) is 1.93. The minimum atomic E-state index is 0.0220. The Morgan fingerprint density at radius 3 is 2.35 bits per heavy atom. The fraction of sp³-hybridized carbons (Fsp3) is 0.333. The van der Waals surface area contributed by atoms with E-state index in [-0.39, 0.29) is 13.2 Å². The number of aliphatic hydroxyl groups is 2. The van der Waals surface area contributed by atoms with Crippen molar-refractivity contribution in [3.8, 4) is 11.1 Å². The van der Waals surface area contributed by atoms with Crippen molar-refractivity contribution in [1.82, 2.24) is 0 Å². The average Bonchev–Trinajstić information content (AvgIpc) is 2.85. The summed E-state index contributed by atoms with van der Waals surface area (Å²) in [5, 5.41) is 18.4. The van der Waals surface area contributed by atoms with E-state index in [0.717, 1.165) is 22.4 Å². The van der Waals surface area contributed by atoms with E-state index < -0.39 is 0 Å². The fourth-order valence-electron chi connectivity index (χ4n) is 2.28. The second kappa shape index (κ2) is 6.45. The predicted octanol–water partition coefficient (Wildman–Crippen LogP) is 1.63. The van der Waals surface area contributed by atoms with Gasteiger partial charge in [0.15, 0.2) is 0 Å². The van der Waals surface area contributed by atoms with Gasteiger partial charge in [0.2, 0.25) is 0 Å². The van der Waals surface area contributed by atoms with Gasteiger partial charge in [-0.3, -0.25) is 0 Å². The zero-order valence-electron chi connectivity index (χ0n) is 11.5. The molecule has 1 heterocycles. The summed E-state index contributed by atoms with van der Waals surface area (Å²) in [5.74, 6) is 0. The highest BCUT2D eigenvalue weighted by Crippen LogP contribution is 2.35. The van der Waals surface area contributed by atoms with E-state index in [1.807, 2.05) is 30.0 Å². The van der Waals surface area contributed by atoms with Gasteiger partial charge in [-0.2, -0.15) is 0 Å². The molecule has 1 aromatic carbocycles. The lowest BCUT2D eigenvalue weighted by molar-refractivity contribution is 0.281. The van der Waals surface area contributed by atoms with Crippen molar-refractivity contribution in [3.63, 3.8) is 0 Å². The Bertz CT molecular complexity index is 560. The van der Waals surface area contributed by atoms with Crippen LogP contribution >= 0.6 is 0 Å². The van der Waals surface area contributed by atoms with E-state index >= 15 is 0 Å². The van der Waals surface area contributed by atoms with Gasteiger partial charge in [0.05, 0.1) is 25.7 Å². The van der Waals surface area contributed by atoms with Crippen LogP contribution in [0.2, 0.25) is 0 Å². The molecular weight excluding hydrogens is 256 g/mol. The summed E-state index contributed by atoms with van der Waals surface area (Å²) in [6, 6.07) is 5.60. The molecule has 0 aliphatic heterocycles. The SMILES string of the molecule is Cc1cocc1-c1cc(N)ccc1N(CCO)CCO. The van der Waals surface area contributed by atoms with Gasteiger partial charge in [-0.25, -0.2) is 0 Å². The van der Waals surface area contributed by atoms with Gasteiger partial charge in [0, 0.05) is 35.6 Å². The molecule has 20 heavy (non-hydrogen) atoms. The van der Waals surface area contributed by atoms with Crippen molar-refractivity contribution >= 4 is 11.4 Å². The van der Waals surface area contributed by atoms with Gasteiger partial charge >= 0.3 is 0 Å². The molecule has 0 bridgehead atoms. The number of hydrogen-bond donors (Lipinski definition) is 3. The molecule has 0 aliphatic carbocycles. The van der Waals surface area contributed by atoms with E-state index in [1.165, 1.54) is 0 Å². The molecule has 1 aromatic heterocycles. The summed E-state index contributed by atoms with van der Waals surface area (Å²) in [6.07, 6.45) is 3.37. The highest BCUT2D eigenvalue weighted by atomic mass is 16.3. The monoisotopic (exact) mass is 276 g/mol. The van der Waals surface area contributed by atoms with Crippen molar-refractivity contribution in [2.24, 2.45) is 0 Å². The van der Waals surface area contributed by atoms with Crippen LogP contribution in [-0.4, -0.2) is 36.5 Å². The van der Waals surface area contributed by atoms with Crippen LogP contribution in [0.5, 0.6) is 0 Å². The number of benzene rings is 1. The lowest BCUT2D eigenvalue weighted by Crippen LogP contribution is -2.30. The number of aryl methyl sites for hydroxylation is 1. The number of aliphatic hydroxyl groups excluding tert-OH is 2. The van der Waals surface area contributed by atoms with E-state index in [1.54, 1.807) is 12.5 Å². The van der Waals surface area contributed by atoms with Crippen LogP contribution in [0.4, 0.5) is 11.4 Å². The van der Waals surface area contributed by atoms with Gasteiger partial charge in [-0.1, -0.05) is 0 Å². The molecule has 2 aromatic rings. The summed E-state index contributed by atoms with van der Waals surface area (Å²) < 4.78 is 5.24. The molecule has 0 amide bonds. The van der Waals surface area contributed by atoms with Crippen LogP contribution < -0.4 is 10.6 Å². The van der Waals surface area contributed by atoms with Gasteiger partial charge in [-0.15, -0.1) is 0 Å². The van der Waals surface area contributed by atoms with Crippen molar-refractivity contribution in [3.05, 3.63) is 36.3 Å². The molecular formula is C15H20N2O3. The summed E-state index contributed by atoms with van der Waals surface area (Å²) in [7, 11) is 0. The molecule has 0 aliphatic rings. The van der Waals surface area contributed by atoms with Crippen molar-refractivity contribution < 1.29 is 14.6 Å². The quantitative estimate of drug-likeness (QED) is 0.698. The summed E-state index contributed by atoms with van der Waals surface area (Å²) in [6.45, 7) is 2.92. The second-order valence-corrected chi connectivity index (χ2v) is 4.68. The molecule has 108 valence electrons. The predicted molar refractivity (Wildman–Crippen MR) is 79.7 cm³/mol. The van der Waals surface area contributed by atoms with Crippen molar-refractivity contribution in [2.75, 3.05) is 36.9 Å². The van der Waals surface area contributed by atoms with E-state index in [9.17, 15) is 10.2 Å². The smallest absolute Gasteiger partial charge is 0.0984 e. The Labute approximate surface area is 118 Å². The van der Waals surface area contributed by atoms with E-state index in [4.69, 9.17) is 10.2 Å². The highest BCUT2D eigenvalue weighted by Gasteiger charge is 2.15. The first kappa shape index (κ1) is 14.4. The summed E-state index contributed by atoms with van der Waals surface area (Å²) in [5.41, 5.74) is 10.4. The minimum Gasteiger partial charge on any atom is -0.472 e. The summed E-state index contributed by atoms with van der Waals surface area (Å²) >= 11 is 0. The number of nitrogens with two attached hydrogens (primary N) is 1. The molecule has 0 atom stereocenters. The molecule has 0 radical (unpaired) electrons. The molecule has 5 nitrogen and oxygen atoms in total. The van der Waals surface area contributed by atoms with Crippen molar-refractivity contribution in [2.45, 2.75) is 6.92 Å². The van der Waals surface area contributed by atoms with Crippen LogP contribution in [0.1, 0.15) is 5.56 Å². The first-order chi connectivity index (χ1) is 9.67. The molecule has 4 N–H and O–H groups in total. The lowest BCUT2D eigenvalue weighted by atomic mass is 10.0. The number of furan rings is 1. The van der Waals surface area contributed by atoms with Crippen LogP contribution in [0.3, 0.4) is 0 Å². The third-order valence-electron chi connectivity index (χ3n) is 3.25. The molecule has 0 fully saturated rings. The number of nitrogens with zero attached hydrogens (tertiary/aromatic N) is 1. The van der Waals surface area contributed by atoms with Gasteiger partial charge in [-0.05, 0) is 30.7 Å². The number of nitrogen functional groups attached to an aromatic ring is 1. The first-order valence-electron chi connectivity index (χ1n) is 6.56. The second-order valence-electron chi connectivity index (χ2n) is 4.68. The molecule has 2 rings (SSSR count). The Hall–Kier alpha value is -1.98. The van der Waals surface area contributed by atoms with Gasteiger partial charge in [0.1, 0.15) is 0 Å². The molecule has 0 saturated carbocycles. The molecule has 0 unspecified atom stereocenters. The Balaban J connectivity index is 2.49. The van der Waals surface area contributed by atoms with Crippen molar-refractivity contribution in [1.29, 1.82) is 0 Å². The Morgan fingerprint density at radius 2 is 1.80 bits per heavy atom. The maximum atomic E-state index is 9.19. The zero-order chi connectivity index (χ0) is 14.5. The minimum absolute atomic E-state index is 0.0220. The van der Waals surface area contributed by atoms with Gasteiger partial charge < -0.3 is 25.3 Å². The molecule has 0 spiro atoms. The van der Waals surface area contributed by atoms with Crippen LogP contribution in [0.15, 0.2) is 35.1 Å². The zero-order valence-corrected chi connectivity index (χ0v) is 11.5. The standard InChI is InChI=1S/C15H20N2O3/c1-11-9-20-10-14(11)13-8-12(16)2-3-15(13)17(4-6-18)5-7-19/h2-3,8-10,18-19H,4-7,16H2,1H3. The average molecular weight is 276 g/mol. The Morgan fingerprint density at radius 1 is 1.10 bits per heavy atom. The number of hydrogen-bond acceptors (Lipinski definition) is 5. The maximum Gasteiger partial charge on any atom is 0.0984 e.